The Morgan fingerprint density at radius 1 is 1.24 bits per heavy atom. The lowest BCUT2D eigenvalue weighted by atomic mass is 9.99. The molecule has 0 bridgehead atoms. The van der Waals surface area contributed by atoms with Gasteiger partial charge in [0.15, 0.2) is 6.23 Å². The number of rotatable bonds is 3. The molecule has 0 radical (unpaired) electrons. The minimum atomic E-state index is -1.35. The zero-order valence-electron chi connectivity index (χ0n) is 11.2. The maximum absolute atomic E-state index is 11.9. The molecular formula is C13H17IN2O5. The second-order valence-electron chi connectivity index (χ2n) is 4.84. The van der Waals surface area contributed by atoms with Gasteiger partial charge in [-0.1, -0.05) is 6.07 Å². The molecule has 5 atom stereocenters. The molecule has 0 unspecified atom stereocenters. The fraction of sp³-hybridized carbons (Fsp3) is 0.462. The van der Waals surface area contributed by atoms with Crippen molar-refractivity contribution >= 4 is 28.5 Å². The number of aliphatic hydroxyl groups is 3. The molecule has 1 saturated heterocycles. The summed E-state index contributed by atoms with van der Waals surface area (Å²) in [7, 11) is 0. The zero-order chi connectivity index (χ0) is 15.6. The van der Waals surface area contributed by atoms with Crippen LogP contribution in [0.4, 0.5) is 0 Å². The van der Waals surface area contributed by atoms with Gasteiger partial charge in [0.1, 0.15) is 18.3 Å². The molecule has 5 N–H and O–H groups in total. The Morgan fingerprint density at radius 3 is 2.62 bits per heavy atom. The molecule has 0 spiro atoms. The average Bonchev–Trinajstić information content (AvgIpc) is 2.47. The van der Waals surface area contributed by atoms with Gasteiger partial charge in [-0.3, -0.25) is 10.2 Å². The zero-order valence-corrected chi connectivity index (χ0v) is 13.4. The van der Waals surface area contributed by atoms with E-state index in [0.717, 1.165) is 3.57 Å². The molecule has 1 amide bonds. The van der Waals surface area contributed by atoms with Crippen LogP contribution in [-0.2, 0) is 4.74 Å². The summed E-state index contributed by atoms with van der Waals surface area (Å²) in [4.78, 5) is 11.9. The fourth-order valence-electron chi connectivity index (χ4n) is 2.01. The second kappa shape index (κ2) is 6.99. The van der Waals surface area contributed by atoms with Crippen LogP contribution in [0.1, 0.15) is 17.3 Å². The third-order valence-corrected chi connectivity index (χ3v) is 3.94. The highest BCUT2D eigenvalue weighted by atomic mass is 127. The van der Waals surface area contributed by atoms with Gasteiger partial charge in [-0.15, -0.1) is 0 Å². The van der Waals surface area contributed by atoms with Gasteiger partial charge < -0.3 is 20.1 Å². The highest BCUT2D eigenvalue weighted by Crippen LogP contribution is 2.19. The Bertz CT molecular complexity index is 515. The minimum Gasteiger partial charge on any atom is -0.388 e. The summed E-state index contributed by atoms with van der Waals surface area (Å²) in [6.45, 7) is 1.57. The van der Waals surface area contributed by atoms with Crippen LogP contribution in [0.15, 0.2) is 24.3 Å². The van der Waals surface area contributed by atoms with Gasteiger partial charge in [0, 0.05) is 9.13 Å². The van der Waals surface area contributed by atoms with E-state index in [4.69, 9.17) is 4.74 Å². The van der Waals surface area contributed by atoms with E-state index in [-0.39, 0.29) is 0 Å². The predicted octanol–water partition coefficient (Wildman–Crippen LogP) is -0.647. The topological polar surface area (TPSA) is 111 Å². The lowest BCUT2D eigenvalue weighted by Gasteiger charge is -2.39. The van der Waals surface area contributed by atoms with Gasteiger partial charge in [-0.25, -0.2) is 5.43 Å². The van der Waals surface area contributed by atoms with Gasteiger partial charge in [0.25, 0.3) is 5.91 Å². The van der Waals surface area contributed by atoms with Crippen LogP contribution in [0.2, 0.25) is 0 Å². The van der Waals surface area contributed by atoms with Crippen LogP contribution in [0.5, 0.6) is 0 Å². The molecule has 0 aliphatic carbocycles. The lowest BCUT2D eigenvalue weighted by Crippen LogP contribution is -2.63. The SMILES string of the molecule is C[C@@H]1O[C@H](NNC(=O)c2cccc(I)c2)[C@@H](O)[C@H](O)[C@@H]1O. The van der Waals surface area contributed by atoms with Crippen molar-refractivity contribution in [1.29, 1.82) is 0 Å². The molecular weight excluding hydrogens is 391 g/mol. The number of hydrogen-bond donors (Lipinski definition) is 5. The minimum absolute atomic E-state index is 0.391. The van der Waals surface area contributed by atoms with Crippen molar-refractivity contribution in [2.45, 2.75) is 37.6 Å². The molecule has 116 valence electrons. The van der Waals surface area contributed by atoms with Gasteiger partial charge in [-0.05, 0) is 47.7 Å². The van der Waals surface area contributed by atoms with Crippen molar-refractivity contribution < 1.29 is 24.9 Å². The number of carbonyl (C=O) groups excluding carboxylic acids is 1. The summed E-state index contributed by atoms with van der Waals surface area (Å²) in [6.07, 6.45) is -5.56. The van der Waals surface area contributed by atoms with E-state index in [9.17, 15) is 20.1 Å². The number of amides is 1. The van der Waals surface area contributed by atoms with Crippen molar-refractivity contribution in [3.63, 3.8) is 0 Å². The number of halogens is 1. The van der Waals surface area contributed by atoms with E-state index >= 15 is 0 Å². The molecule has 1 aromatic rings. The maximum atomic E-state index is 11.9. The summed E-state index contributed by atoms with van der Waals surface area (Å²) >= 11 is 2.10. The van der Waals surface area contributed by atoms with Crippen molar-refractivity contribution in [2.75, 3.05) is 0 Å². The number of hydrazine groups is 1. The quantitative estimate of drug-likeness (QED) is 0.336. The van der Waals surface area contributed by atoms with Gasteiger partial charge >= 0.3 is 0 Å². The molecule has 2 rings (SSSR count). The number of nitrogens with one attached hydrogen (secondary N) is 2. The van der Waals surface area contributed by atoms with Gasteiger partial charge in [0.2, 0.25) is 0 Å². The predicted molar refractivity (Wildman–Crippen MR) is 82.1 cm³/mol. The van der Waals surface area contributed by atoms with Crippen LogP contribution in [0.3, 0.4) is 0 Å². The Hall–Kier alpha value is -0.780. The summed E-state index contributed by atoms with van der Waals surface area (Å²) in [6, 6.07) is 6.97. The van der Waals surface area contributed by atoms with Crippen LogP contribution >= 0.6 is 22.6 Å². The fourth-order valence-corrected chi connectivity index (χ4v) is 2.55. The molecule has 1 heterocycles. The molecule has 1 aliphatic heterocycles. The number of hydrogen-bond acceptors (Lipinski definition) is 6. The van der Waals surface area contributed by atoms with Gasteiger partial charge in [0.05, 0.1) is 6.10 Å². The van der Waals surface area contributed by atoms with Crippen molar-refractivity contribution in [3.8, 4) is 0 Å². The molecule has 8 heteroatoms. The van der Waals surface area contributed by atoms with E-state index in [2.05, 4.69) is 33.4 Å². The molecule has 1 aromatic carbocycles. The van der Waals surface area contributed by atoms with Crippen molar-refractivity contribution in [2.24, 2.45) is 0 Å². The van der Waals surface area contributed by atoms with Crippen LogP contribution in [0, 0.1) is 3.57 Å². The first kappa shape index (κ1) is 16.6. The number of carbonyl (C=O) groups is 1. The van der Waals surface area contributed by atoms with E-state index in [1.165, 1.54) is 0 Å². The van der Waals surface area contributed by atoms with E-state index in [1.54, 1.807) is 25.1 Å². The monoisotopic (exact) mass is 408 g/mol. The Labute approximate surface area is 135 Å². The first-order chi connectivity index (χ1) is 9.90. The highest BCUT2D eigenvalue weighted by Gasteiger charge is 2.41. The number of benzene rings is 1. The number of ether oxygens (including phenoxy) is 1. The first-order valence-corrected chi connectivity index (χ1v) is 7.49. The molecule has 1 fully saturated rings. The van der Waals surface area contributed by atoms with Crippen molar-refractivity contribution in [3.05, 3.63) is 33.4 Å². The summed E-state index contributed by atoms with van der Waals surface area (Å²) < 4.78 is 6.22. The smallest absolute Gasteiger partial charge is 0.265 e. The number of aliphatic hydroxyl groups excluding tert-OH is 3. The third-order valence-electron chi connectivity index (χ3n) is 3.27. The Morgan fingerprint density at radius 2 is 1.95 bits per heavy atom. The summed E-state index contributed by atoms with van der Waals surface area (Å²) in [5, 5.41) is 29.0. The molecule has 0 aromatic heterocycles. The second-order valence-corrected chi connectivity index (χ2v) is 6.09. The Kier molecular flexibility index (Phi) is 5.52. The van der Waals surface area contributed by atoms with Crippen molar-refractivity contribution in [1.82, 2.24) is 10.9 Å². The molecule has 1 aliphatic rings. The van der Waals surface area contributed by atoms with Crippen LogP contribution < -0.4 is 10.9 Å². The standard InChI is InChI=1S/C13H17IN2O5/c1-6-9(17)10(18)11(19)13(21-6)16-15-12(20)7-3-2-4-8(14)5-7/h2-6,9-11,13,16-19H,1H3,(H,15,20)/t6-,9+,10+,11-,13-/m0/s1. The van der Waals surface area contributed by atoms with E-state index in [1.807, 2.05) is 6.07 Å². The first-order valence-electron chi connectivity index (χ1n) is 6.41. The summed E-state index contributed by atoms with van der Waals surface area (Å²) in [5.74, 6) is -0.391. The summed E-state index contributed by atoms with van der Waals surface area (Å²) in [5.41, 5.74) is 5.39. The van der Waals surface area contributed by atoms with Gasteiger partial charge in [-0.2, -0.15) is 0 Å². The lowest BCUT2D eigenvalue weighted by molar-refractivity contribution is -0.226. The average molecular weight is 408 g/mol. The van der Waals surface area contributed by atoms with Crippen LogP contribution in [-0.4, -0.2) is 51.9 Å². The normalized spacial score (nSPS) is 32.7. The Balaban J connectivity index is 1.95. The molecule has 0 saturated carbocycles. The molecule has 21 heavy (non-hydrogen) atoms. The largest absolute Gasteiger partial charge is 0.388 e. The maximum Gasteiger partial charge on any atom is 0.265 e. The van der Waals surface area contributed by atoms with E-state index < -0.39 is 36.6 Å². The highest BCUT2D eigenvalue weighted by molar-refractivity contribution is 14.1. The molecule has 7 nitrogen and oxygen atoms in total. The van der Waals surface area contributed by atoms with Crippen LogP contribution in [0.25, 0.3) is 0 Å². The third kappa shape index (κ3) is 3.90. The van der Waals surface area contributed by atoms with E-state index in [0.29, 0.717) is 5.56 Å².